The molecule has 146 valence electrons. The summed E-state index contributed by atoms with van der Waals surface area (Å²) in [4.78, 5) is 26.8. The van der Waals surface area contributed by atoms with Crippen molar-refractivity contribution in [1.82, 2.24) is 10.2 Å². The highest BCUT2D eigenvalue weighted by molar-refractivity contribution is 5.95. The second-order valence-electron chi connectivity index (χ2n) is 7.26. The molecular weight excluding hydrogens is 354 g/mol. The van der Waals surface area contributed by atoms with Crippen LogP contribution in [0.2, 0.25) is 0 Å². The number of benzene rings is 2. The van der Waals surface area contributed by atoms with Crippen molar-refractivity contribution < 1.29 is 14.3 Å². The Morgan fingerprint density at radius 1 is 1.04 bits per heavy atom. The standard InChI is InChI=1S/C22H25N3O3/c26-21(25-9-11-28-12-10-25)13-16-5-7-19(8-6-16)24-22(27)20-14-17-3-1-2-4-18(17)15-23-20/h1-8,20,23H,9-15H2,(H,24,27). The smallest absolute Gasteiger partial charge is 0.241 e. The quantitative estimate of drug-likeness (QED) is 0.849. The maximum absolute atomic E-state index is 12.6. The van der Waals surface area contributed by atoms with Crippen LogP contribution in [0.4, 0.5) is 5.69 Å². The van der Waals surface area contributed by atoms with E-state index in [1.165, 1.54) is 11.1 Å². The fraction of sp³-hybridized carbons (Fsp3) is 0.364. The van der Waals surface area contributed by atoms with Gasteiger partial charge in [-0.15, -0.1) is 0 Å². The molecule has 4 rings (SSSR count). The number of amides is 2. The van der Waals surface area contributed by atoms with Gasteiger partial charge in [-0.2, -0.15) is 0 Å². The summed E-state index contributed by atoms with van der Waals surface area (Å²) in [6.07, 6.45) is 1.06. The average molecular weight is 379 g/mol. The number of nitrogens with zero attached hydrogens (tertiary/aromatic N) is 1. The molecule has 1 fully saturated rings. The molecule has 1 unspecified atom stereocenters. The molecule has 2 heterocycles. The van der Waals surface area contributed by atoms with E-state index >= 15 is 0 Å². The molecule has 2 N–H and O–H groups in total. The van der Waals surface area contributed by atoms with E-state index in [-0.39, 0.29) is 17.9 Å². The van der Waals surface area contributed by atoms with Gasteiger partial charge in [0.2, 0.25) is 11.8 Å². The number of morpholine rings is 1. The van der Waals surface area contributed by atoms with Crippen LogP contribution in [0.25, 0.3) is 0 Å². The zero-order valence-electron chi connectivity index (χ0n) is 15.8. The molecule has 1 atom stereocenters. The highest BCUT2D eigenvalue weighted by Gasteiger charge is 2.24. The summed E-state index contributed by atoms with van der Waals surface area (Å²) in [5, 5.41) is 6.27. The van der Waals surface area contributed by atoms with Gasteiger partial charge in [-0.05, 0) is 35.2 Å². The predicted octanol–water partition coefficient (Wildman–Crippen LogP) is 1.74. The summed E-state index contributed by atoms with van der Waals surface area (Å²) in [6, 6.07) is 15.5. The Bertz CT molecular complexity index is 844. The molecule has 2 amide bonds. The molecule has 0 spiro atoms. The van der Waals surface area contributed by atoms with Crippen LogP contribution in [0.15, 0.2) is 48.5 Å². The number of hydrogen-bond donors (Lipinski definition) is 2. The lowest BCUT2D eigenvalue weighted by Crippen LogP contribution is -2.44. The van der Waals surface area contributed by atoms with Crippen molar-refractivity contribution in [3.63, 3.8) is 0 Å². The van der Waals surface area contributed by atoms with E-state index in [0.717, 1.165) is 11.3 Å². The largest absolute Gasteiger partial charge is 0.378 e. The Hall–Kier alpha value is -2.70. The van der Waals surface area contributed by atoms with E-state index < -0.39 is 0 Å². The first kappa shape index (κ1) is 18.7. The summed E-state index contributed by atoms with van der Waals surface area (Å²) in [5.74, 6) is 0.0804. The molecule has 6 nitrogen and oxygen atoms in total. The topological polar surface area (TPSA) is 70.7 Å². The van der Waals surface area contributed by atoms with Gasteiger partial charge in [-0.3, -0.25) is 9.59 Å². The van der Waals surface area contributed by atoms with Crippen molar-refractivity contribution in [3.8, 4) is 0 Å². The molecule has 0 aliphatic carbocycles. The minimum absolute atomic E-state index is 0.0355. The molecule has 1 saturated heterocycles. The fourth-order valence-electron chi connectivity index (χ4n) is 3.67. The first-order valence-electron chi connectivity index (χ1n) is 9.74. The van der Waals surface area contributed by atoms with Gasteiger partial charge in [-0.25, -0.2) is 0 Å². The number of nitrogens with one attached hydrogen (secondary N) is 2. The zero-order chi connectivity index (χ0) is 19.3. The van der Waals surface area contributed by atoms with Gasteiger partial charge in [0.15, 0.2) is 0 Å². The molecule has 6 heteroatoms. The van der Waals surface area contributed by atoms with Crippen LogP contribution in [0.3, 0.4) is 0 Å². The monoisotopic (exact) mass is 379 g/mol. The van der Waals surface area contributed by atoms with Crippen molar-refractivity contribution in [3.05, 3.63) is 65.2 Å². The van der Waals surface area contributed by atoms with E-state index in [9.17, 15) is 9.59 Å². The summed E-state index contributed by atoms with van der Waals surface area (Å²) in [7, 11) is 0. The number of ether oxygens (including phenoxy) is 1. The minimum atomic E-state index is -0.238. The van der Waals surface area contributed by atoms with Crippen LogP contribution in [0.1, 0.15) is 16.7 Å². The van der Waals surface area contributed by atoms with Gasteiger partial charge in [0, 0.05) is 25.3 Å². The number of fused-ring (bicyclic) bond motifs is 1. The number of carbonyl (C=O) groups excluding carboxylic acids is 2. The second kappa shape index (κ2) is 8.54. The predicted molar refractivity (Wildman–Crippen MR) is 107 cm³/mol. The lowest BCUT2D eigenvalue weighted by atomic mass is 9.95. The Morgan fingerprint density at radius 2 is 1.75 bits per heavy atom. The average Bonchev–Trinajstić information content (AvgIpc) is 2.75. The summed E-state index contributed by atoms with van der Waals surface area (Å²) >= 11 is 0. The van der Waals surface area contributed by atoms with E-state index in [2.05, 4.69) is 22.8 Å². The van der Waals surface area contributed by atoms with Crippen LogP contribution >= 0.6 is 0 Å². The minimum Gasteiger partial charge on any atom is -0.378 e. The van der Waals surface area contributed by atoms with Crippen LogP contribution in [-0.2, 0) is 33.7 Å². The molecule has 28 heavy (non-hydrogen) atoms. The van der Waals surface area contributed by atoms with E-state index in [1.807, 2.05) is 41.3 Å². The third kappa shape index (κ3) is 4.40. The Balaban J connectivity index is 1.32. The molecule has 2 aromatic rings. The van der Waals surface area contributed by atoms with Crippen LogP contribution in [0, 0.1) is 0 Å². The third-order valence-electron chi connectivity index (χ3n) is 5.34. The molecule has 0 radical (unpaired) electrons. The molecule has 0 aromatic heterocycles. The van der Waals surface area contributed by atoms with Gasteiger partial charge < -0.3 is 20.3 Å². The zero-order valence-corrected chi connectivity index (χ0v) is 15.8. The number of rotatable bonds is 4. The fourth-order valence-corrected chi connectivity index (χ4v) is 3.67. The highest BCUT2D eigenvalue weighted by atomic mass is 16.5. The van der Waals surface area contributed by atoms with Crippen LogP contribution in [0.5, 0.6) is 0 Å². The summed E-state index contributed by atoms with van der Waals surface area (Å²) in [6.45, 7) is 3.23. The molecule has 0 saturated carbocycles. The van der Waals surface area contributed by atoms with Crippen molar-refractivity contribution in [1.29, 1.82) is 0 Å². The second-order valence-corrected chi connectivity index (χ2v) is 7.26. The maximum Gasteiger partial charge on any atom is 0.241 e. The van der Waals surface area contributed by atoms with E-state index in [4.69, 9.17) is 4.74 Å². The van der Waals surface area contributed by atoms with Gasteiger partial charge in [-0.1, -0.05) is 36.4 Å². The number of anilines is 1. The first-order chi connectivity index (χ1) is 13.7. The van der Waals surface area contributed by atoms with Crippen LogP contribution < -0.4 is 10.6 Å². The van der Waals surface area contributed by atoms with Gasteiger partial charge >= 0.3 is 0 Å². The lowest BCUT2D eigenvalue weighted by Gasteiger charge is -2.27. The number of hydrogen-bond acceptors (Lipinski definition) is 4. The van der Waals surface area contributed by atoms with Crippen molar-refractivity contribution >= 4 is 17.5 Å². The van der Waals surface area contributed by atoms with Gasteiger partial charge in [0.25, 0.3) is 0 Å². The third-order valence-corrected chi connectivity index (χ3v) is 5.34. The maximum atomic E-state index is 12.6. The molecular formula is C22H25N3O3. The van der Waals surface area contributed by atoms with E-state index in [1.54, 1.807) is 0 Å². The van der Waals surface area contributed by atoms with E-state index in [0.29, 0.717) is 45.7 Å². The van der Waals surface area contributed by atoms with Crippen molar-refractivity contribution in [2.24, 2.45) is 0 Å². The number of carbonyl (C=O) groups is 2. The first-order valence-corrected chi connectivity index (χ1v) is 9.74. The molecule has 2 aliphatic heterocycles. The normalized spacial score (nSPS) is 19.0. The lowest BCUT2D eigenvalue weighted by molar-refractivity contribution is -0.134. The highest BCUT2D eigenvalue weighted by Crippen LogP contribution is 2.18. The van der Waals surface area contributed by atoms with Crippen molar-refractivity contribution in [2.45, 2.75) is 25.4 Å². The Kier molecular flexibility index (Phi) is 5.69. The van der Waals surface area contributed by atoms with Crippen molar-refractivity contribution in [2.75, 3.05) is 31.6 Å². The molecule has 2 aliphatic rings. The van der Waals surface area contributed by atoms with Gasteiger partial charge in [0.1, 0.15) is 0 Å². The molecule has 2 aromatic carbocycles. The Morgan fingerprint density at radius 3 is 2.50 bits per heavy atom. The van der Waals surface area contributed by atoms with Gasteiger partial charge in [0.05, 0.1) is 25.7 Å². The Labute approximate surface area is 164 Å². The molecule has 0 bridgehead atoms. The SMILES string of the molecule is O=C(Nc1ccc(CC(=O)N2CCOCC2)cc1)C1Cc2ccccc2CN1. The summed E-state index contributed by atoms with van der Waals surface area (Å²) in [5.41, 5.74) is 4.16. The summed E-state index contributed by atoms with van der Waals surface area (Å²) < 4.78 is 5.28. The van der Waals surface area contributed by atoms with Crippen LogP contribution in [-0.4, -0.2) is 49.1 Å².